The summed E-state index contributed by atoms with van der Waals surface area (Å²) >= 11 is 0. The van der Waals surface area contributed by atoms with Crippen molar-refractivity contribution >= 4 is 5.78 Å². The first-order valence-electron chi connectivity index (χ1n) is 8.96. The van der Waals surface area contributed by atoms with Gasteiger partial charge in [0.1, 0.15) is 5.78 Å². The second-order valence-corrected chi connectivity index (χ2v) is 7.29. The van der Waals surface area contributed by atoms with Gasteiger partial charge >= 0.3 is 0 Å². The van der Waals surface area contributed by atoms with Crippen LogP contribution in [0.2, 0.25) is 0 Å². The highest BCUT2D eigenvalue weighted by atomic mass is 16.8. The Labute approximate surface area is 139 Å². The Bertz CT molecular complexity index is 391. The normalized spacial score (nSPS) is 36.3. The second kappa shape index (κ2) is 8.53. The lowest BCUT2D eigenvalue weighted by Gasteiger charge is -2.42. The summed E-state index contributed by atoms with van der Waals surface area (Å²) in [6.45, 7) is 8.27. The van der Waals surface area contributed by atoms with Crippen molar-refractivity contribution in [1.29, 1.82) is 0 Å². The number of ketones is 1. The molecule has 0 aromatic carbocycles. The second-order valence-electron chi connectivity index (χ2n) is 7.29. The smallest absolute Gasteiger partial charge is 0.149 e. The summed E-state index contributed by atoms with van der Waals surface area (Å²) in [5.74, 6) is 0.783. The van der Waals surface area contributed by atoms with Gasteiger partial charge in [0.2, 0.25) is 0 Å². The maximum absolute atomic E-state index is 12.6. The topological polar surface area (TPSA) is 76.1 Å². The molecule has 6 heteroatoms. The predicted molar refractivity (Wildman–Crippen MR) is 88.0 cm³/mol. The molecule has 1 saturated heterocycles. The van der Waals surface area contributed by atoms with E-state index in [9.17, 15) is 15.2 Å². The van der Waals surface area contributed by atoms with E-state index in [4.69, 9.17) is 4.74 Å². The minimum Gasteiger partial charge on any atom is -0.762 e. The van der Waals surface area contributed by atoms with Crippen molar-refractivity contribution < 1.29 is 14.7 Å². The quantitative estimate of drug-likeness (QED) is 0.755. The van der Waals surface area contributed by atoms with Gasteiger partial charge in [-0.2, -0.15) is 0 Å². The lowest BCUT2D eigenvalue weighted by atomic mass is 9.81. The molecule has 1 aliphatic carbocycles. The highest BCUT2D eigenvalue weighted by Crippen LogP contribution is 2.31. The van der Waals surface area contributed by atoms with E-state index >= 15 is 0 Å². The van der Waals surface area contributed by atoms with Crippen molar-refractivity contribution in [3.63, 3.8) is 0 Å². The molecule has 0 radical (unpaired) electrons. The average molecular weight is 327 g/mol. The van der Waals surface area contributed by atoms with Crippen molar-refractivity contribution in [2.24, 2.45) is 11.8 Å². The molecular weight excluding hydrogens is 296 g/mol. The summed E-state index contributed by atoms with van der Waals surface area (Å²) in [6, 6.07) is -0.191. The first kappa shape index (κ1) is 18.8. The van der Waals surface area contributed by atoms with E-state index in [1.165, 1.54) is 0 Å². The van der Waals surface area contributed by atoms with E-state index < -0.39 is 6.04 Å². The average Bonchev–Trinajstić information content (AvgIpc) is 2.50. The number of likely N-dealkylation sites (tertiary alicyclic amines) is 1. The number of nitrogens with zero attached hydrogens (tertiary/aromatic N) is 2. The highest BCUT2D eigenvalue weighted by Gasteiger charge is 2.36. The number of Topliss-reactive ketones (excluding diaryl/α,β-unsaturated/α-hetero) is 1. The van der Waals surface area contributed by atoms with Crippen LogP contribution in [-0.2, 0) is 9.53 Å². The summed E-state index contributed by atoms with van der Waals surface area (Å²) in [4.78, 5) is 14.9. The van der Waals surface area contributed by atoms with Gasteiger partial charge in [0, 0.05) is 24.6 Å². The van der Waals surface area contributed by atoms with Crippen LogP contribution in [-0.4, -0.2) is 59.0 Å². The minimum absolute atomic E-state index is 0.00896. The van der Waals surface area contributed by atoms with Crippen LogP contribution in [0.15, 0.2) is 0 Å². The monoisotopic (exact) mass is 327 g/mol. The molecule has 0 aromatic rings. The Hall–Kier alpha value is -0.530. The van der Waals surface area contributed by atoms with Crippen LogP contribution in [0.1, 0.15) is 52.9 Å². The summed E-state index contributed by atoms with van der Waals surface area (Å²) in [5.41, 5.74) is 0. The molecule has 0 spiro atoms. The minimum atomic E-state index is -0.628. The Morgan fingerprint density at radius 2 is 2.04 bits per heavy atom. The third kappa shape index (κ3) is 4.97. The van der Waals surface area contributed by atoms with E-state index in [-0.39, 0.29) is 23.0 Å². The third-order valence-electron chi connectivity index (χ3n) is 5.51. The molecule has 134 valence electrons. The first-order chi connectivity index (χ1) is 10.9. The molecule has 0 bridgehead atoms. The Kier molecular flexibility index (Phi) is 6.98. The van der Waals surface area contributed by atoms with E-state index in [0.29, 0.717) is 32.0 Å². The molecular formula is C17H31N2O4-. The van der Waals surface area contributed by atoms with Crippen molar-refractivity contribution in [3.8, 4) is 0 Å². The van der Waals surface area contributed by atoms with Crippen molar-refractivity contribution in [3.05, 3.63) is 5.21 Å². The lowest BCUT2D eigenvalue weighted by Crippen LogP contribution is -2.49. The number of carbonyl (C=O) groups excluding carboxylic acids is 1. The zero-order chi connectivity index (χ0) is 17.0. The zero-order valence-electron chi connectivity index (χ0n) is 14.6. The van der Waals surface area contributed by atoms with E-state index in [1.807, 2.05) is 6.92 Å². The van der Waals surface area contributed by atoms with Crippen LogP contribution < -0.4 is 0 Å². The standard InChI is InChI=1S/C17H31N2O4/c1-4-23-17-6-5-14(10-15(17)19(21)22)16(20)11-18-8-7-12(2)9-13(18)3/h12-15,17,21H,4-11H2,1-3H3/q-1. The van der Waals surface area contributed by atoms with Crippen LogP contribution in [0.5, 0.6) is 0 Å². The fraction of sp³-hybridized carbons (Fsp3) is 0.941. The largest absolute Gasteiger partial charge is 0.762 e. The van der Waals surface area contributed by atoms with Gasteiger partial charge in [-0.15, -0.1) is 0 Å². The van der Waals surface area contributed by atoms with Crippen LogP contribution in [0.4, 0.5) is 0 Å². The summed E-state index contributed by atoms with van der Waals surface area (Å²) in [6.07, 6.45) is 3.79. The van der Waals surface area contributed by atoms with Crippen LogP contribution in [0.3, 0.4) is 0 Å². The van der Waals surface area contributed by atoms with Crippen molar-refractivity contribution in [2.45, 2.75) is 71.1 Å². The lowest BCUT2D eigenvalue weighted by molar-refractivity contribution is -0.152. The fourth-order valence-electron chi connectivity index (χ4n) is 4.07. The molecule has 6 nitrogen and oxygen atoms in total. The van der Waals surface area contributed by atoms with Gasteiger partial charge in [-0.1, -0.05) is 6.92 Å². The Morgan fingerprint density at radius 3 is 2.65 bits per heavy atom. The van der Waals surface area contributed by atoms with Gasteiger partial charge in [0.25, 0.3) is 0 Å². The van der Waals surface area contributed by atoms with Gasteiger partial charge in [-0.05, 0) is 58.4 Å². The van der Waals surface area contributed by atoms with E-state index in [1.54, 1.807) is 0 Å². The van der Waals surface area contributed by atoms with Crippen molar-refractivity contribution in [1.82, 2.24) is 10.1 Å². The van der Waals surface area contributed by atoms with Gasteiger partial charge in [-0.3, -0.25) is 14.9 Å². The molecule has 5 atom stereocenters. The summed E-state index contributed by atoms with van der Waals surface area (Å²) in [5, 5.41) is 20.7. The molecule has 0 aromatic heterocycles. The van der Waals surface area contributed by atoms with Crippen molar-refractivity contribution in [2.75, 3.05) is 19.7 Å². The molecule has 1 aliphatic heterocycles. The predicted octanol–water partition coefficient (Wildman–Crippen LogP) is 2.44. The molecule has 1 heterocycles. The summed E-state index contributed by atoms with van der Waals surface area (Å²) in [7, 11) is 0. The zero-order valence-corrected chi connectivity index (χ0v) is 14.6. The molecule has 23 heavy (non-hydrogen) atoms. The molecule has 1 saturated carbocycles. The number of hydroxylamine groups is 2. The first-order valence-corrected chi connectivity index (χ1v) is 8.96. The maximum atomic E-state index is 12.6. The number of hydrogen-bond acceptors (Lipinski definition) is 6. The maximum Gasteiger partial charge on any atom is 0.149 e. The number of rotatable bonds is 6. The van der Waals surface area contributed by atoms with Gasteiger partial charge in [0.05, 0.1) is 12.6 Å². The van der Waals surface area contributed by atoms with E-state index in [2.05, 4.69) is 18.7 Å². The number of hydrogen-bond donors (Lipinski definition) is 1. The summed E-state index contributed by atoms with van der Waals surface area (Å²) < 4.78 is 5.54. The highest BCUT2D eigenvalue weighted by molar-refractivity contribution is 5.83. The molecule has 2 fully saturated rings. The molecule has 2 aliphatic rings. The van der Waals surface area contributed by atoms with Gasteiger partial charge < -0.3 is 15.2 Å². The Morgan fingerprint density at radius 1 is 1.30 bits per heavy atom. The number of piperidine rings is 1. The van der Waals surface area contributed by atoms with E-state index in [0.717, 1.165) is 31.7 Å². The number of carbonyl (C=O) groups is 1. The van der Waals surface area contributed by atoms with Crippen LogP contribution in [0, 0.1) is 17.0 Å². The molecule has 0 amide bonds. The fourth-order valence-corrected chi connectivity index (χ4v) is 4.07. The third-order valence-corrected chi connectivity index (χ3v) is 5.51. The van der Waals surface area contributed by atoms with Gasteiger partial charge in [0.15, 0.2) is 0 Å². The van der Waals surface area contributed by atoms with Gasteiger partial charge in [-0.25, -0.2) is 0 Å². The number of ether oxygens (including phenoxy) is 1. The van der Waals surface area contributed by atoms with Crippen LogP contribution >= 0.6 is 0 Å². The molecule has 1 N–H and O–H groups in total. The molecule has 2 rings (SSSR count). The van der Waals surface area contributed by atoms with Crippen LogP contribution in [0.25, 0.3) is 0 Å². The SMILES string of the molecule is CCOC1CCC(C(=O)CN2CCC(C)CC2C)CC1N([O-])O. The Balaban J connectivity index is 1.90. The molecule has 5 unspecified atom stereocenters.